The van der Waals surface area contributed by atoms with E-state index >= 15 is 0 Å². The van der Waals surface area contributed by atoms with Crippen molar-refractivity contribution in [2.75, 3.05) is 13.7 Å². The van der Waals surface area contributed by atoms with Crippen molar-refractivity contribution in [3.8, 4) is 5.75 Å². The average molecular weight is 276 g/mol. The van der Waals surface area contributed by atoms with E-state index in [-0.39, 0.29) is 0 Å². The molecule has 1 N–H and O–H groups in total. The second-order valence-electron chi connectivity index (χ2n) is 4.43. The van der Waals surface area contributed by atoms with Gasteiger partial charge in [0.25, 0.3) is 0 Å². The van der Waals surface area contributed by atoms with E-state index < -0.39 is 0 Å². The van der Waals surface area contributed by atoms with Gasteiger partial charge >= 0.3 is 0 Å². The quantitative estimate of drug-likeness (QED) is 0.878. The number of aryl methyl sites for hydroxylation is 1. The summed E-state index contributed by atoms with van der Waals surface area (Å²) < 4.78 is 5.43. The minimum absolute atomic E-state index is 0.300. The van der Waals surface area contributed by atoms with Gasteiger partial charge in [-0.1, -0.05) is 25.1 Å². The third-order valence-electron chi connectivity index (χ3n) is 3.17. The zero-order chi connectivity index (χ0) is 13.7. The van der Waals surface area contributed by atoms with Gasteiger partial charge < -0.3 is 10.1 Å². The summed E-state index contributed by atoms with van der Waals surface area (Å²) in [6.07, 6.45) is 0.918. The van der Waals surface area contributed by atoms with E-state index in [1.165, 1.54) is 10.4 Å². The molecule has 1 aromatic heterocycles. The molecular weight excluding hydrogens is 256 g/mol. The second kappa shape index (κ2) is 6.68. The van der Waals surface area contributed by atoms with Crippen LogP contribution in [0.4, 0.5) is 0 Å². The Morgan fingerprint density at radius 1 is 1.37 bits per heavy atom. The predicted molar refractivity (Wildman–Crippen MR) is 80.0 cm³/mol. The van der Waals surface area contributed by atoms with Crippen molar-refractivity contribution in [2.24, 2.45) is 0 Å². The van der Waals surface area contributed by atoms with E-state index in [0.29, 0.717) is 6.04 Å². The normalized spacial score (nSPS) is 12.4. The molecule has 0 saturated heterocycles. The van der Waals surface area contributed by atoms with Gasteiger partial charge in [-0.3, -0.25) is 0 Å². The number of methoxy groups -OCH3 is 1. The van der Waals surface area contributed by atoms with Crippen molar-refractivity contribution in [2.45, 2.75) is 26.3 Å². The number of aromatic nitrogens is 1. The Morgan fingerprint density at radius 2 is 2.16 bits per heavy atom. The minimum Gasteiger partial charge on any atom is -0.496 e. The van der Waals surface area contributed by atoms with Crippen molar-refractivity contribution in [3.05, 3.63) is 45.9 Å². The molecule has 0 bridgehead atoms. The summed E-state index contributed by atoms with van der Waals surface area (Å²) in [5.41, 5.74) is 4.26. The SMILES string of the molecule is CCNC(Cc1ccccc1OC)c1scnc1C. The van der Waals surface area contributed by atoms with Crippen LogP contribution in [0.15, 0.2) is 29.8 Å². The Bertz CT molecular complexity index is 524. The molecule has 0 amide bonds. The number of nitrogens with one attached hydrogen (secondary N) is 1. The molecule has 0 fully saturated rings. The lowest BCUT2D eigenvalue weighted by Crippen LogP contribution is -2.23. The average Bonchev–Trinajstić information content (AvgIpc) is 2.85. The first-order valence-corrected chi connectivity index (χ1v) is 7.39. The van der Waals surface area contributed by atoms with Crippen molar-refractivity contribution in [1.82, 2.24) is 10.3 Å². The van der Waals surface area contributed by atoms with Gasteiger partial charge in [-0.25, -0.2) is 4.98 Å². The first-order valence-electron chi connectivity index (χ1n) is 6.51. The van der Waals surface area contributed by atoms with Crippen LogP contribution in [-0.2, 0) is 6.42 Å². The summed E-state index contributed by atoms with van der Waals surface area (Å²) in [6, 6.07) is 8.49. The highest BCUT2D eigenvalue weighted by Crippen LogP contribution is 2.28. The Labute approximate surface area is 118 Å². The summed E-state index contributed by atoms with van der Waals surface area (Å²) in [7, 11) is 1.72. The molecule has 4 heteroatoms. The molecule has 0 aliphatic rings. The van der Waals surface area contributed by atoms with Gasteiger partial charge in [0.1, 0.15) is 5.75 Å². The van der Waals surface area contributed by atoms with Crippen LogP contribution in [0.2, 0.25) is 0 Å². The molecule has 0 spiro atoms. The fourth-order valence-electron chi connectivity index (χ4n) is 2.24. The maximum Gasteiger partial charge on any atom is 0.122 e. The number of para-hydroxylation sites is 1. The third-order valence-corrected chi connectivity index (χ3v) is 4.21. The molecule has 3 nitrogen and oxygen atoms in total. The van der Waals surface area contributed by atoms with Crippen LogP contribution in [0.25, 0.3) is 0 Å². The van der Waals surface area contributed by atoms with Gasteiger partial charge in [0, 0.05) is 10.9 Å². The van der Waals surface area contributed by atoms with Crippen LogP contribution in [0, 0.1) is 6.92 Å². The Morgan fingerprint density at radius 3 is 2.79 bits per heavy atom. The molecule has 102 valence electrons. The van der Waals surface area contributed by atoms with Gasteiger partial charge in [0.2, 0.25) is 0 Å². The summed E-state index contributed by atoms with van der Waals surface area (Å²) in [4.78, 5) is 5.66. The summed E-state index contributed by atoms with van der Waals surface area (Å²) in [6.45, 7) is 5.14. The number of hydrogen-bond donors (Lipinski definition) is 1. The van der Waals surface area contributed by atoms with Gasteiger partial charge in [0.05, 0.1) is 18.3 Å². The van der Waals surface area contributed by atoms with Crippen molar-refractivity contribution in [1.29, 1.82) is 0 Å². The molecule has 2 aromatic rings. The zero-order valence-electron chi connectivity index (χ0n) is 11.6. The van der Waals surface area contributed by atoms with E-state index in [0.717, 1.165) is 24.4 Å². The molecule has 2 rings (SSSR count). The number of ether oxygens (including phenoxy) is 1. The van der Waals surface area contributed by atoms with E-state index in [9.17, 15) is 0 Å². The van der Waals surface area contributed by atoms with Gasteiger partial charge in [0.15, 0.2) is 0 Å². The van der Waals surface area contributed by atoms with Crippen LogP contribution in [-0.4, -0.2) is 18.6 Å². The summed E-state index contributed by atoms with van der Waals surface area (Å²) >= 11 is 1.72. The fourth-order valence-corrected chi connectivity index (χ4v) is 3.12. The number of rotatable bonds is 6. The molecule has 1 heterocycles. The first kappa shape index (κ1) is 14.0. The maximum absolute atomic E-state index is 5.43. The topological polar surface area (TPSA) is 34.1 Å². The van der Waals surface area contributed by atoms with E-state index in [1.807, 2.05) is 17.6 Å². The maximum atomic E-state index is 5.43. The van der Waals surface area contributed by atoms with Crippen LogP contribution in [0.3, 0.4) is 0 Å². The van der Waals surface area contributed by atoms with Crippen LogP contribution >= 0.6 is 11.3 Å². The fraction of sp³-hybridized carbons (Fsp3) is 0.400. The molecular formula is C15H20N2OS. The second-order valence-corrected chi connectivity index (χ2v) is 5.31. The van der Waals surface area contributed by atoms with E-state index in [2.05, 4.69) is 36.3 Å². The number of likely N-dealkylation sites (N-methyl/N-ethyl adjacent to an activating group) is 1. The van der Waals surface area contributed by atoms with Gasteiger partial charge in [-0.15, -0.1) is 11.3 Å². The van der Waals surface area contributed by atoms with E-state index in [4.69, 9.17) is 4.74 Å². The number of thiazole rings is 1. The molecule has 1 aromatic carbocycles. The molecule has 1 unspecified atom stereocenters. The van der Waals surface area contributed by atoms with Crippen LogP contribution < -0.4 is 10.1 Å². The molecule has 19 heavy (non-hydrogen) atoms. The summed E-state index contributed by atoms with van der Waals surface area (Å²) in [5.74, 6) is 0.951. The monoisotopic (exact) mass is 276 g/mol. The zero-order valence-corrected chi connectivity index (χ0v) is 12.5. The Balaban J connectivity index is 2.24. The summed E-state index contributed by atoms with van der Waals surface area (Å²) in [5, 5.41) is 3.54. The Hall–Kier alpha value is -1.39. The highest BCUT2D eigenvalue weighted by molar-refractivity contribution is 7.09. The molecule has 0 aliphatic carbocycles. The number of nitrogens with zero attached hydrogens (tertiary/aromatic N) is 1. The lowest BCUT2D eigenvalue weighted by atomic mass is 10.0. The lowest BCUT2D eigenvalue weighted by molar-refractivity contribution is 0.406. The van der Waals surface area contributed by atoms with Crippen molar-refractivity contribution >= 4 is 11.3 Å². The Kier molecular flexibility index (Phi) is 4.93. The van der Waals surface area contributed by atoms with Crippen LogP contribution in [0.1, 0.15) is 29.1 Å². The third kappa shape index (κ3) is 3.33. The highest BCUT2D eigenvalue weighted by Gasteiger charge is 2.17. The van der Waals surface area contributed by atoms with Gasteiger partial charge in [-0.05, 0) is 31.5 Å². The minimum atomic E-state index is 0.300. The number of benzene rings is 1. The number of hydrogen-bond acceptors (Lipinski definition) is 4. The molecule has 0 saturated carbocycles. The largest absolute Gasteiger partial charge is 0.496 e. The van der Waals surface area contributed by atoms with E-state index in [1.54, 1.807) is 18.4 Å². The smallest absolute Gasteiger partial charge is 0.122 e. The van der Waals surface area contributed by atoms with Crippen molar-refractivity contribution < 1.29 is 4.74 Å². The predicted octanol–water partition coefficient (Wildman–Crippen LogP) is 3.35. The van der Waals surface area contributed by atoms with Gasteiger partial charge in [-0.2, -0.15) is 0 Å². The van der Waals surface area contributed by atoms with Crippen molar-refractivity contribution in [3.63, 3.8) is 0 Å². The lowest BCUT2D eigenvalue weighted by Gasteiger charge is -2.18. The van der Waals surface area contributed by atoms with Crippen LogP contribution in [0.5, 0.6) is 5.75 Å². The highest BCUT2D eigenvalue weighted by atomic mass is 32.1. The first-order chi connectivity index (χ1) is 9.26. The molecule has 0 aliphatic heterocycles. The standard InChI is InChI=1S/C15H20N2OS/c1-4-16-13(15-11(2)17-10-19-15)9-12-7-5-6-8-14(12)18-3/h5-8,10,13,16H,4,9H2,1-3H3. The molecule has 1 atom stereocenters. The molecule has 0 radical (unpaired) electrons.